The second-order valence-corrected chi connectivity index (χ2v) is 5.83. The Labute approximate surface area is 105 Å². The summed E-state index contributed by atoms with van der Waals surface area (Å²) in [6.45, 7) is 5.45. The predicted molar refractivity (Wildman–Crippen MR) is 73.1 cm³/mol. The molecule has 1 saturated heterocycles. The Bertz CT molecular complexity index is 263. The van der Waals surface area contributed by atoms with Crippen molar-refractivity contribution in [3.63, 3.8) is 0 Å². The van der Waals surface area contributed by atoms with E-state index in [1.54, 1.807) is 0 Å². The third-order valence-electron chi connectivity index (χ3n) is 4.45. The molecule has 2 fully saturated rings. The summed E-state index contributed by atoms with van der Waals surface area (Å²) in [6.07, 6.45) is 10.6. The van der Waals surface area contributed by atoms with Crippen LogP contribution in [-0.4, -0.2) is 30.5 Å². The van der Waals surface area contributed by atoms with Gasteiger partial charge in [0, 0.05) is 19.6 Å². The molecule has 2 N–H and O–H groups in total. The summed E-state index contributed by atoms with van der Waals surface area (Å²) in [5.41, 5.74) is 6.62. The molecule has 2 rings (SSSR count). The van der Waals surface area contributed by atoms with Crippen molar-refractivity contribution < 1.29 is 0 Å². The van der Waals surface area contributed by atoms with Crippen LogP contribution in [0, 0.1) is 5.41 Å². The molecule has 0 radical (unpaired) electrons. The molecule has 1 aliphatic heterocycles. The summed E-state index contributed by atoms with van der Waals surface area (Å²) in [5, 5.41) is 0. The van der Waals surface area contributed by atoms with E-state index in [4.69, 9.17) is 5.73 Å². The summed E-state index contributed by atoms with van der Waals surface area (Å²) < 4.78 is 0. The zero-order chi connectivity index (χ0) is 12.1. The smallest absolute Gasteiger partial charge is 0.191 e. The van der Waals surface area contributed by atoms with E-state index in [0.717, 1.165) is 25.6 Å². The average molecular weight is 237 g/mol. The molecule has 2 aliphatic rings. The SMILES string of the molecule is CCCC1(CN=C(N)N2CCCCC2)CCC1. The lowest BCUT2D eigenvalue weighted by Crippen LogP contribution is -2.42. The number of hydrogen-bond donors (Lipinski definition) is 1. The van der Waals surface area contributed by atoms with Crippen LogP contribution in [0.1, 0.15) is 58.3 Å². The average Bonchev–Trinajstić information content (AvgIpc) is 2.33. The molecule has 0 spiro atoms. The van der Waals surface area contributed by atoms with Crippen molar-refractivity contribution >= 4 is 5.96 Å². The summed E-state index contributed by atoms with van der Waals surface area (Å²) in [5.74, 6) is 0.798. The lowest BCUT2D eigenvalue weighted by Gasteiger charge is -2.41. The molecule has 3 heteroatoms. The second kappa shape index (κ2) is 5.74. The summed E-state index contributed by atoms with van der Waals surface area (Å²) in [7, 11) is 0. The molecule has 0 bridgehead atoms. The standard InChI is InChI=1S/C14H27N3/c1-2-7-14(8-6-9-14)12-16-13(15)17-10-4-3-5-11-17/h2-12H2,1H3,(H2,15,16). The monoisotopic (exact) mass is 237 g/mol. The van der Waals surface area contributed by atoms with E-state index in [9.17, 15) is 0 Å². The number of nitrogens with two attached hydrogens (primary N) is 1. The van der Waals surface area contributed by atoms with Crippen molar-refractivity contribution in [2.75, 3.05) is 19.6 Å². The van der Waals surface area contributed by atoms with Crippen molar-refractivity contribution in [1.82, 2.24) is 4.90 Å². The fourth-order valence-electron chi connectivity index (χ4n) is 3.17. The molecule has 0 unspecified atom stereocenters. The molecular weight excluding hydrogens is 210 g/mol. The Morgan fingerprint density at radius 2 is 1.88 bits per heavy atom. The van der Waals surface area contributed by atoms with Gasteiger partial charge in [-0.1, -0.05) is 19.8 Å². The van der Waals surface area contributed by atoms with Crippen molar-refractivity contribution in [3.8, 4) is 0 Å². The minimum absolute atomic E-state index is 0.509. The lowest BCUT2D eigenvalue weighted by molar-refractivity contribution is 0.129. The van der Waals surface area contributed by atoms with Crippen molar-refractivity contribution in [2.45, 2.75) is 58.3 Å². The first-order valence-electron chi connectivity index (χ1n) is 7.31. The number of piperidine rings is 1. The van der Waals surface area contributed by atoms with Crippen LogP contribution >= 0.6 is 0 Å². The molecule has 1 heterocycles. The van der Waals surface area contributed by atoms with Crippen molar-refractivity contribution in [3.05, 3.63) is 0 Å². The van der Waals surface area contributed by atoms with Crippen LogP contribution in [0.3, 0.4) is 0 Å². The largest absolute Gasteiger partial charge is 0.370 e. The van der Waals surface area contributed by atoms with Gasteiger partial charge >= 0.3 is 0 Å². The van der Waals surface area contributed by atoms with Crippen LogP contribution in [0.4, 0.5) is 0 Å². The first kappa shape index (κ1) is 12.7. The number of likely N-dealkylation sites (tertiary alicyclic amines) is 1. The highest BCUT2D eigenvalue weighted by atomic mass is 15.3. The van der Waals surface area contributed by atoms with E-state index in [1.807, 2.05) is 0 Å². The Balaban J connectivity index is 1.85. The Hall–Kier alpha value is -0.730. The Kier molecular flexibility index (Phi) is 4.30. The fourth-order valence-corrected chi connectivity index (χ4v) is 3.17. The highest BCUT2D eigenvalue weighted by Crippen LogP contribution is 2.44. The topological polar surface area (TPSA) is 41.6 Å². The van der Waals surface area contributed by atoms with Gasteiger partial charge in [-0.3, -0.25) is 4.99 Å². The highest BCUT2D eigenvalue weighted by molar-refractivity contribution is 5.78. The number of rotatable bonds is 4. The molecule has 1 aliphatic carbocycles. The Morgan fingerprint density at radius 3 is 2.41 bits per heavy atom. The number of aliphatic imine (C=N–C) groups is 1. The first-order valence-corrected chi connectivity index (χ1v) is 7.31. The number of guanidine groups is 1. The van der Waals surface area contributed by atoms with Crippen LogP contribution in [0.5, 0.6) is 0 Å². The summed E-state index contributed by atoms with van der Waals surface area (Å²) in [4.78, 5) is 6.95. The molecule has 98 valence electrons. The molecule has 3 nitrogen and oxygen atoms in total. The lowest BCUT2D eigenvalue weighted by atomic mass is 9.66. The minimum atomic E-state index is 0.509. The summed E-state index contributed by atoms with van der Waals surface area (Å²) >= 11 is 0. The highest BCUT2D eigenvalue weighted by Gasteiger charge is 2.35. The fraction of sp³-hybridized carbons (Fsp3) is 0.929. The molecule has 0 aromatic carbocycles. The Morgan fingerprint density at radius 1 is 1.18 bits per heavy atom. The molecule has 0 aromatic rings. The van der Waals surface area contributed by atoms with Gasteiger partial charge in [0.1, 0.15) is 0 Å². The normalized spacial score (nSPS) is 24.5. The van der Waals surface area contributed by atoms with Crippen molar-refractivity contribution in [2.24, 2.45) is 16.1 Å². The van der Waals surface area contributed by atoms with E-state index in [1.165, 1.54) is 51.4 Å². The van der Waals surface area contributed by atoms with E-state index in [2.05, 4.69) is 16.8 Å². The molecular formula is C14H27N3. The van der Waals surface area contributed by atoms with Gasteiger partial charge in [0.25, 0.3) is 0 Å². The van der Waals surface area contributed by atoms with Gasteiger partial charge in [0.2, 0.25) is 0 Å². The second-order valence-electron chi connectivity index (χ2n) is 5.83. The summed E-state index contributed by atoms with van der Waals surface area (Å²) in [6, 6.07) is 0. The molecule has 0 amide bonds. The van der Waals surface area contributed by atoms with Crippen LogP contribution in [-0.2, 0) is 0 Å². The quantitative estimate of drug-likeness (QED) is 0.603. The molecule has 17 heavy (non-hydrogen) atoms. The van der Waals surface area contributed by atoms with Gasteiger partial charge in [0.15, 0.2) is 5.96 Å². The van der Waals surface area contributed by atoms with E-state index in [0.29, 0.717) is 5.41 Å². The van der Waals surface area contributed by atoms with Gasteiger partial charge in [-0.2, -0.15) is 0 Å². The maximum absolute atomic E-state index is 6.11. The van der Waals surface area contributed by atoms with E-state index in [-0.39, 0.29) is 0 Å². The third kappa shape index (κ3) is 3.14. The van der Waals surface area contributed by atoms with Crippen LogP contribution in [0.2, 0.25) is 0 Å². The first-order chi connectivity index (χ1) is 8.26. The predicted octanol–water partition coefficient (Wildman–Crippen LogP) is 2.76. The molecule has 0 atom stereocenters. The van der Waals surface area contributed by atoms with Gasteiger partial charge in [-0.05, 0) is 43.9 Å². The van der Waals surface area contributed by atoms with E-state index < -0.39 is 0 Å². The van der Waals surface area contributed by atoms with Crippen LogP contribution in [0.25, 0.3) is 0 Å². The van der Waals surface area contributed by atoms with Gasteiger partial charge in [-0.25, -0.2) is 0 Å². The van der Waals surface area contributed by atoms with Gasteiger partial charge in [0.05, 0.1) is 0 Å². The van der Waals surface area contributed by atoms with Crippen LogP contribution < -0.4 is 5.73 Å². The number of hydrogen-bond acceptors (Lipinski definition) is 1. The zero-order valence-corrected chi connectivity index (χ0v) is 11.2. The maximum atomic E-state index is 6.11. The minimum Gasteiger partial charge on any atom is -0.370 e. The van der Waals surface area contributed by atoms with E-state index >= 15 is 0 Å². The third-order valence-corrected chi connectivity index (χ3v) is 4.45. The van der Waals surface area contributed by atoms with Gasteiger partial charge in [-0.15, -0.1) is 0 Å². The molecule has 0 aromatic heterocycles. The molecule has 1 saturated carbocycles. The zero-order valence-electron chi connectivity index (χ0n) is 11.2. The number of nitrogens with zero attached hydrogens (tertiary/aromatic N) is 2. The van der Waals surface area contributed by atoms with Gasteiger partial charge < -0.3 is 10.6 Å². The van der Waals surface area contributed by atoms with Crippen molar-refractivity contribution in [1.29, 1.82) is 0 Å². The maximum Gasteiger partial charge on any atom is 0.191 e. The van der Waals surface area contributed by atoms with Crippen LogP contribution in [0.15, 0.2) is 4.99 Å².